The summed E-state index contributed by atoms with van der Waals surface area (Å²) < 4.78 is 20.3. The molecular formula is C22H19FN4O2. The van der Waals surface area contributed by atoms with Gasteiger partial charge in [0.1, 0.15) is 17.3 Å². The number of nitrogens with one attached hydrogen (secondary N) is 1. The van der Waals surface area contributed by atoms with Crippen molar-refractivity contribution in [3.05, 3.63) is 89.1 Å². The van der Waals surface area contributed by atoms with E-state index < -0.39 is 0 Å². The van der Waals surface area contributed by atoms with Gasteiger partial charge in [0.25, 0.3) is 5.91 Å². The molecule has 0 aliphatic rings. The second-order valence-corrected chi connectivity index (χ2v) is 6.70. The summed E-state index contributed by atoms with van der Waals surface area (Å²) in [6, 6.07) is 15.0. The number of benzene rings is 2. The van der Waals surface area contributed by atoms with E-state index in [0.29, 0.717) is 29.3 Å². The van der Waals surface area contributed by atoms with Crippen molar-refractivity contribution in [1.82, 2.24) is 19.9 Å². The highest BCUT2D eigenvalue weighted by Crippen LogP contribution is 2.22. The van der Waals surface area contributed by atoms with Gasteiger partial charge in [0.15, 0.2) is 5.65 Å². The fraction of sp³-hybridized carbons (Fsp3) is 0.136. The predicted molar refractivity (Wildman–Crippen MR) is 107 cm³/mol. The Labute approximate surface area is 167 Å². The number of fused-ring (bicyclic) bond motifs is 1. The van der Waals surface area contributed by atoms with E-state index in [1.807, 2.05) is 32.0 Å². The molecule has 6 nitrogen and oxygen atoms in total. The Kier molecular flexibility index (Phi) is 4.95. The Morgan fingerprint density at radius 3 is 2.41 bits per heavy atom. The number of rotatable bonds is 5. The van der Waals surface area contributed by atoms with E-state index in [1.165, 1.54) is 12.1 Å². The van der Waals surface area contributed by atoms with E-state index >= 15 is 0 Å². The number of aromatic nitrogens is 3. The van der Waals surface area contributed by atoms with Crippen LogP contribution in [-0.4, -0.2) is 20.5 Å². The molecule has 4 aromatic rings. The molecule has 146 valence electrons. The third-order valence-electron chi connectivity index (χ3n) is 4.52. The number of carbonyl (C=O) groups is 1. The zero-order chi connectivity index (χ0) is 20.4. The van der Waals surface area contributed by atoms with Crippen molar-refractivity contribution in [3.63, 3.8) is 0 Å². The number of halogens is 1. The highest BCUT2D eigenvalue weighted by Gasteiger charge is 2.13. The lowest BCUT2D eigenvalue weighted by Gasteiger charge is -2.10. The molecular weight excluding hydrogens is 371 g/mol. The van der Waals surface area contributed by atoms with Gasteiger partial charge in [-0.15, -0.1) is 0 Å². The van der Waals surface area contributed by atoms with E-state index in [1.54, 1.807) is 35.0 Å². The van der Waals surface area contributed by atoms with Crippen LogP contribution in [0.3, 0.4) is 0 Å². The largest absolute Gasteiger partial charge is 0.457 e. The second kappa shape index (κ2) is 7.71. The minimum Gasteiger partial charge on any atom is -0.457 e. The quantitative estimate of drug-likeness (QED) is 0.554. The van der Waals surface area contributed by atoms with Crippen molar-refractivity contribution in [3.8, 4) is 11.5 Å². The van der Waals surface area contributed by atoms with Gasteiger partial charge in [-0.3, -0.25) is 4.79 Å². The first-order valence-electron chi connectivity index (χ1n) is 9.12. The molecule has 7 heteroatoms. The lowest BCUT2D eigenvalue weighted by Crippen LogP contribution is -2.24. The third-order valence-corrected chi connectivity index (χ3v) is 4.52. The Bertz CT molecular complexity index is 1170. The topological polar surface area (TPSA) is 68.5 Å². The van der Waals surface area contributed by atoms with Crippen LogP contribution in [0.4, 0.5) is 4.39 Å². The van der Waals surface area contributed by atoms with Gasteiger partial charge in [-0.2, -0.15) is 5.10 Å². The first-order valence-corrected chi connectivity index (χ1v) is 9.12. The molecule has 0 unspecified atom stereocenters. The fourth-order valence-electron chi connectivity index (χ4n) is 2.98. The maximum absolute atomic E-state index is 13.0. The van der Waals surface area contributed by atoms with Gasteiger partial charge in [0.05, 0.1) is 17.0 Å². The molecule has 0 atom stereocenters. The molecule has 0 bridgehead atoms. The third kappa shape index (κ3) is 4.08. The van der Waals surface area contributed by atoms with E-state index in [-0.39, 0.29) is 11.7 Å². The minimum atomic E-state index is -0.310. The van der Waals surface area contributed by atoms with Crippen molar-refractivity contribution >= 4 is 11.6 Å². The molecule has 0 aliphatic heterocycles. The SMILES string of the molecule is Cc1cc2ncc(C(=O)NCc3ccc(Oc4ccc(F)cc4)cc3)c(C)n2n1. The van der Waals surface area contributed by atoms with Gasteiger partial charge in [-0.25, -0.2) is 13.9 Å². The monoisotopic (exact) mass is 390 g/mol. The van der Waals surface area contributed by atoms with E-state index in [2.05, 4.69) is 15.4 Å². The number of carbonyl (C=O) groups excluding carboxylic acids is 1. The molecule has 4 rings (SSSR count). The van der Waals surface area contributed by atoms with Crippen LogP contribution < -0.4 is 10.1 Å². The summed E-state index contributed by atoms with van der Waals surface area (Å²) >= 11 is 0. The number of hydrogen-bond acceptors (Lipinski definition) is 4. The lowest BCUT2D eigenvalue weighted by molar-refractivity contribution is 0.0949. The fourth-order valence-corrected chi connectivity index (χ4v) is 2.98. The average Bonchev–Trinajstić information content (AvgIpc) is 3.10. The summed E-state index contributed by atoms with van der Waals surface area (Å²) in [5.41, 5.74) is 3.71. The van der Waals surface area contributed by atoms with Crippen molar-refractivity contribution in [1.29, 1.82) is 0 Å². The van der Waals surface area contributed by atoms with Crippen LogP contribution in [0.25, 0.3) is 5.65 Å². The molecule has 2 aromatic heterocycles. The lowest BCUT2D eigenvalue weighted by atomic mass is 10.2. The van der Waals surface area contributed by atoms with Crippen LogP contribution in [0, 0.1) is 19.7 Å². The van der Waals surface area contributed by atoms with Crippen LogP contribution >= 0.6 is 0 Å². The van der Waals surface area contributed by atoms with Gasteiger partial charge >= 0.3 is 0 Å². The highest BCUT2D eigenvalue weighted by atomic mass is 19.1. The van der Waals surface area contributed by atoms with Crippen LogP contribution in [0.2, 0.25) is 0 Å². The van der Waals surface area contributed by atoms with Gasteiger partial charge in [0.2, 0.25) is 0 Å². The van der Waals surface area contributed by atoms with Crippen molar-refractivity contribution in [2.75, 3.05) is 0 Å². The van der Waals surface area contributed by atoms with Gasteiger partial charge < -0.3 is 10.1 Å². The maximum Gasteiger partial charge on any atom is 0.254 e. The number of ether oxygens (including phenoxy) is 1. The molecule has 0 saturated carbocycles. The molecule has 1 N–H and O–H groups in total. The molecule has 0 aliphatic carbocycles. The summed E-state index contributed by atoms with van der Waals surface area (Å²) in [6.07, 6.45) is 1.57. The standard InChI is InChI=1S/C22H19FN4O2/c1-14-11-21-24-13-20(15(2)27(21)26-14)22(28)25-12-16-3-7-18(8-4-16)29-19-9-5-17(23)6-10-19/h3-11,13H,12H2,1-2H3,(H,25,28). The van der Waals surface area contributed by atoms with Crippen molar-refractivity contribution in [2.45, 2.75) is 20.4 Å². The van der Waals surface area contributed by atoms with E-state index in [4.69, 9.17) is 4.74 Å². The summed E-state index contributed by atoms with van der Waals surface area (Å²) in [4.78, 5) is 16.9. The number of aryl methyl sites for hydroxylation is 2. The summed E-state index contributed by atoms with van der Waals surface area (Å²) in [5, 5.41) is 7.26. The van der Waals surface area contributed by atoms with Crippen LogP contribution in [0.1, 0.15) is 27.3 Å². The Balaban J connectivity index is 1.40. The Morgan fingerprint density at radius 1 is 1.07 bits per heavy atom. The number of hydrogen-bond donors (Lipinski definition) is 1. The van der Waals surface area contributed by atoms with E-state index in [0.717, 1.165) is 17.0 Å². The Morgan fingerprint density at radius 2 is 1.72 bits per heavy atom. The first-order chi connectivity index (χ1) is 14.0. The second-order valence-electron chi connectivity index (χ2n) is 6.70. The van der Waals surface area contributed by atoms with Gasteiger partial charge in [-0.05, 0) is 55.8 Å². The zero-order valence-electron chi connectivity index (χ0n) is 16.0. The summed E-state index contributed by atoms with van der Waals surface area (Å²) in [6.45, 7) is 4.10. The van der Waals surface area contributed by atoms with Gasteiger partial charge in [0, 0.05) is 18.8 Å². The summed E-state index contributed by atoms with van der Waals surface area (Å²) in [7, 11) is 0. The smallest absolute Gasteiger partial charge is 0.254 e. The molecule has 0 fully saturated rings. The molecule has 0 saturated heterocycles. The van der Waals surface area contributed by atoms with Crippen LogP contribution in [0.15, 0.2) is 60.8 Å². The zero-order valence-corrected chi connectivity index (χ0v) is 16.0. The molecule has 0 radical (unpaired) electrons. The minimum absolute atomic E-state index is 0.211. The van der Waals surface area contributed by atoms with Gasteiger partial charge in [-0.1, -0.05) is 12.1 Å². The summed E-state index contributed by atoms with van der Waals surface area (Å²) in [5.74, 6) is 0.665. The molecule has 0 spiro atoms. The Hall–Kier alpha value is -3.74. The normalized spacial score (nSPS) is 10.9. The van der Waals surface area contributed by atoms with Crippen molar-refractivity contribution < 1.29 is 13.9 Å². The van der Waals surface area contributed by atoms with Crippen LogP contribution in [-0.2, 0) is 6.54 Å². The van der Waals surface area contributed by atoms with Crippen molar-refractivity contribution in [2.24, 2.45) is 0 Å². The van der Waals surface area contributed by atoms with Crippen LogP contribution in [0.5, 0.6) is 11.5 Å². The first kappa shape index (κ1) is 18.6. The average molecular weight is 390 g/mol. The number of amides is 1. The van der Waals surface area contributed by atoms with E-state index in [9.17, 15) is 9.18 Å². The molecule has 2 aromatic carbocycles. The molecule has 1 amide bonds. The predicted octanol–water partition coefficient (Wildman–Crippen LogP) is 4.21. The highest BCUT2D eigenvalue weighted by molar-refractivity contribution is 5.95. The molecule has 2 heterocycles. The maximum atomic E-state index is 13.0. The number of nitrogens with zero attached hydrogens (tertiary/aromatic N) is 3. The molecule has 29 heavy (non-hydrogen) atoms.